The van der Waals surface area contributed by atoms with Gasteiger partial charge < -0.3 is 0 Å². The van der Waals surface area contributed by atoms with E-state index in [2.05, 4.69) is 170 Å². The first kappa shape index (κ1) is 28.1. The molecule has 11 rings (SSSR count). The standard InChI is InChI=1S/C48H28S2/c1-2-14-29(15-3-1)30-26-27-38(32-17-5-4-16-31(30)32)44-34-19-6-8-21-36(34)45(37-22-9-7-20-35(37)44)41-28-40-33-18-10-12-24-42(33)49-47(40)48-46(41)39-23-11-13-25-43(39)50-48/h1-28H. The van der Waals surface area contributed by atoms with Gasteiger partial charge in [0, 0.05) is 30.9 Å². The Kier molecular flexibility index (Phi) is 6.09. The quantitative estimate of drug-likeness (QED) is 0.164. The van der Waals surface area contributed by atoms with Crippen molar-refractivity contribution >= 4 is 95.3 Å². The van der Waals surface area contributed by atoms with Crippen molar-refractivity contribution in [3.05, 3.63) is 170 Å². The molecule has 0 nitrogen and oxygen atoms in total. The number of rotatable bonds is 3. The maximum Gasteiger partial charge on any atom is 0.0540 e. The summed E-state index contributed by atoms with van der Waals surface area (Å²) in [6, 6.07) is 62.9. The summed E-state index contributed by atoms with van der Waals surface area (Å²) in [6.45, 7) is 0. The van der Waals surface area contributed by atoms with Gasteiger partial charge in [-0.25, -0.2) is 0 Å². The monoisotopic (exact) mass is 668 g/mol. The van der Waals surface area contributed by atoms with Crippen LogP contribution >= 0.6 is 22.7 Å². The van der Waals surface area contributed by atoms with Crippen molar-refractivity contribution in [2.24, 2.45) is 0 Å². The topological polar surface area (TPSA) is 0 Å². The van der Waals surface area contributed by atoms with Crippen LogP contribution in [0.15, 0.2) is 170 Å². The van der Waals surface area contributed by atoms with Crippen LogP contribution in [0.3, 0.4) is 0 Å². The van der Waals surface area contributed by atoms with E-state index in [0.717, 1.165) is 0 Å². The van der Waals surface area contributed by atoms with Gasteiger partial charge in [0.15, 0.2) is 0 Å². The molecule has 9 aromatic carbocycles. The van der Waals surface area contributed by atoms with Gasteiger partial charge >= 0.3 is 0 Å². The fourth-order valence-electron chi connectivity index (χ4n) is 8.36. The summed E-state index contributed by atoms with van der Waals surface area (Å²) in [7, 11) is 0. The molecule has 0 unspecified atom stereocenters. The van der Waals surface area contributed by atoms with E-state index in [4.69, 9.17) is 0 Å². The number of hydrogen-bond acceptors (Lipinski definition) is 2. The molecule has 50 heavy (non-hydrogen) atoms. The van der Waals surface area contributed by atoms with Gasteiger partial charge in [0.1, 0.15) is 0 Å². The van der Waals surface area contributed by atoms with Gasteiger partial charge in [-0.05, 0) is 83.9 Å². The second-order valence-electron chi connectivity index (χ2n) is 13.1. The van der Waals surface area contributed by atoms with Crippen LogP contribution in [0.1, 0.15) is 0 Å². The third-order valence-corrected chi connectivity index (χ3v) is 13.0. The third kappa shape index (κ3) is 3.98. The van der Waals surface area contributed by atoms with E-state index >= 15 is 0 Å². The van der Waals surface area contributed by atoms with Crippen molar-refractivity contribution in [1.82, 2.24) is 0 Å². The zero-order chi connectivity index (χ0) is 32.8. The van der Waals surface area contributed by atoms with E-state index in [0.29, 0.717) is 0 Å². The molecule has 0 amide bonds. The van der Waals surface area contributed by atoms with Crippen LogP contribution in [0.5, 0.6) is 0 Å². The van der Waals surface area contributed by atoms with Gasteiger partial charge in [0.05, 0.1) is 9.40 Å². The highest BCUT2D eigenvalue weighted by atomic mass is 32.1. The third-order valence-electron chi connectivity index (χ3n) is 10.5. The van der Waals surface area contributed by atoms with Gasteiger partial charge in [-0.2, -0.15) is 0 Å². The van der Waals surface area contributed by atoms with Gasteiger partial charge in [0.2, 0.25) is 0 Å². The van der Waals surface area contributed by atoms with Crippen LogP contribution in [-0.2, 0) is 0 Å². The lowest BCUT2D eigenvalue weighted by atomic mass is 9.83. The van der Waals surface area contributed by atoms with Gasteiger partial charge in [-0.15, -0.1) is 22.7 Å². The van der Waals surface area contributed by atoms with E-state index in [1.165, 1.54) is 106 Å². The Morgan fingerprint density at radius 2 is 0.720 bits per heavy atom. The van der Waals surface area contributed by atoms with Crippen molar-refractivity contribution in [3.8, 4) is 33.4 Å². The summed E-state index contributed by atoms with van der Waals surface area (Å²) in [6.07, 6.45) is 0. The lowest BCUT2D eigenvalue weighted by molar-refractivity contribution is 1.64. The molecule has 232 valence electrons. The fourth-order valence-corrected chi connectivity index (χ4v) is 10.9. The summed E-state index contributed by atoms with van der Waals surface area (Å²) < 4.78 is 5.46. The molecule has 0 radical (unpaired) electrons. The molecule has 2 heterocycles. The molecule has 0 aliphatic carbocycles. The molecule has 2 aromatic heterocycles. The Labute approximate surface area is 297 Å². The summed E-state index contributed by atoms with van der Waals surface area (Å²) >= 11 is 3.87. The van der Waals surface area contributed by atoms with Crippen LogP contribution in [0.4, 0.5) is 0 Å². The summed E-state index contributed by atoms with van der Waals surface area (Å²) in [5.41, 5.74) is 7.70. The first-order chi connectivity index (χ1) is 24.8. The Morgan fingerprint density at radius 3 is 1.36 bits per heavy atom. The van der Waals surface area contributed by atoms with Gasteiger partial charge in [-0.1, -0.05) is 152 Å². The number of fused-ring (bicyclic) bond motifs is 10. The predicted octanol–water partition coefficient (Wildman–Crippen LogP) is 14.9. The zero-order valence-corrected chi connectivity index (χ0v) is 28.6. The first-order valence-electron chi connectivity index (χ1n) is 17.1. The Balaban J connectivity index is 1.30. The Morgan fingerprint density at radius 1 is 0.280 bits per heavy atom. The van der Waals surface area contributed by atoms with Crippen LogP contribution in [-0.4, -0.2) is 0 Å². The lowest BCUT2D eigenvalue weighted by Gasteiger charge is -2.20. The summed E-state index contributed by atoms with van der Waals surface area (Å²) in [5.74, 6) is 0. The van der Waals surface area contributed by atoms with Crippen LogP contribution in [0, 0.1) is 0 Å². The van der Waals surface area contributed by atoms with Crippen LogP contribution < -0.4 is 0 Å². The molecule has 0 saturated heterocycles. The molecule has 0 aliphatic rings. The molecule has 0 aliphatic heterocycles. The minimum atomic E-state index is 1.24. The highest BCUT2D eigenvalue weighted by Crippen LogP contribution is 2.52. The number of hydrogen-bond donors (Lipinski definition) is 0. The molecular formula is C48H28S2. The van der Waals surface area contributed by atoms with Crippen molar-refractivity contribution in [3.63, 3.8) is 0 Å². The second-order valence-corrected chi connectivity index (χ2v) is 15.2. The number of thiophene rings is 2. The van der Waals surface area contributed by atoms with Gasteiger partial charge in [-0.3, -0.25) is 0 Å². The molecule has 0 spiro atoms. The molecule has 2 heteroatoms. The van der Waals surface area contributed by atoms with E-state index in [-0.39, 0.29) is 0 Å². The lowest BCUT2D eigenvalue weighted by Crippen LogP contribution is -1.93. The smallest absolute Gasteiger partial charge is 0.0540 e. The molecule has 0 saturated carbocycles. The van der Waals surface area contributed by atoms with Crippen molar-refractivity contribution in [2.45, 2.75) is 0 Å². The Bertz CT molecular complexity index is 3080. The maximum atomic E-state index is 2.51. The van der Waals surface area contributed by atoms with Gasteiger partial charge in [0.25, 0.3) is 0 Å². The molecule has 0 fully saturated rings. The number of benzene rings is 9. The van der Waals surface area contributed by atoms with Crippen LogP contribution in [0.2, 0.25) is 0 Å². The molecule has 0 N–H and O–H groups in total. The first-order valence-corrected chi connectivity index (χ1v) is 18.7. The molecule has 0 atom stereocenters. The highest BCUT2D eigenvalue weighted by Gasteiger charge is 2.23. The normalized spacial score (nSPS) is 12.0. The maximum absolute atomic E-state index is 2.51. The molecule has 11 aromatic rings. The van der Waals surface area contributed by atoms with E-state index in [1.54, 1.807) is 0 Å². The Hall–Kier alpha value is -5.80. The summed E-state index contributed by atoms with van der Waals surface area (Å²) in [5, 5.41) is 13.1. The van der Waals surface area contributed by atoms with E-state index < -0.39 is 0 Å². The van der Waals surface area contributed by atoms with E-state index in [9.17, 15) is 0 Å². The molecular weight excluding hydrogens is 641 g/mol. The minimum Gasteiger partial charge on any atom is -0.134 e. The average Bonchev–Trinajstić information content (AvgIpc) is 3.76. The minimum absolute atomic E-state index is 1.24. The molecule has 0 bridgehead atoms. The SMILES string of the molecule is c1ccc(-c2ccc(-c3c4ccccc4c(-c4cc5c6ccccc6sc5c5sc6ccccc6c45)c4ccccc34)c3ccccc23)cc1. The largest absolute Gasteiger partial charge is 0.134 e. The fraction of sp³-hybridized carbons (Fsp3) is 0. The zero-order valence-electron chi connectivity index (χ0n) is 27.0. The van der Waals surface area contributed by atoms with Crippen LogP contribution in [0.25, 0.3) is 106 Å². The second kappa shape index (κ2) is 10.9. The van der Waals surface area contributed by atoms with E-state index in [1.807, 2.05) is 22.7 Å². The van der Waals surface area contributed by atoms with Crippen molar-refractivity contribution < 1.29 is 0 Å². The highest BCUT2D eigenvalue weighted by molar-refractivity contribution is 7.33. The predicted molar refractivity (Wildman–Crippen MR) is 221 cm³/mol. The summed E-state index contributed by atoms with van der Waals surface area (Å²) in [4.78, 5) is 0. The van der Waals surface area contributed by atoms with Crippen molar-refractivity contribution in [1.29, 1.82) is 0 Å². The average molecular weight is 669 g/mol. The van der Waals surface area contributed by atoms with Crippen molar-refractivity contribution in [2.75, 3.05) is 0 Å².